The molecule has 0 amide bonds. The molecule has 0 saturated carbocycles. The van der Waals surface area contributed by atoms with Crippen LogP contribution in [0.5, 0.6) is 5.75 Å². The SMILES string of the molecule is CC(C)(C)c1cc(CCCCCC(=O)O)c(C(C)(C)C)cc1O. The van der Waals surface area contributed by atoms with Crippen molar-refractivity contribution in [3.05, 3.63) is 28.8 Å². The van der Waals surface area contributed by atoms with Gasteiger partial charge in [-0.25, -0.2) is 0 Å². The van der Waals surface area contributed by atoms with E-state index in [0.717, 1.165) is 31.2 Å². The van der Waals surface area contributed by atoms with E-state index >= 15 is 0 Å². The molecule has 3 nitrogen and oxygen atoms in total. The van der Waals surface area contributed by atoms with E-state index in [1.165, 1.54) is 11.1 Å². The predicted molar refractivity (Wildman–Crippen MR) is 95.3 cm³/mol. The van der Waals surface area contributed by atoms with Gasteiger partial charge in [0.1, 0.15) is 5.75 Å². The predicted octanol–water partition coefficient (Wildman–Crippen LogP) is 5.17. The maximum absolute atomic E-state index is 10.6. The van der Waals surface area contributed by atoms with Crippen molar-refractivity contribution in [1.82, 2.24) is 0 Å². The lowest BCUT2D eigenvalue weighted by atomic mass is 9.78. The molecule has 0 aromatic heterocycles. The Kier molecular flexibility index (Phi) is 6.26. The van der Waals surface area contributed by atoms with Crippen LogP contribution in [0.15, 0.2) is 12.1 Å². The zero-order chi connectivity index (χ0) is 17.8. The van der Waals surface area contributed by atoms with Crippen molar-refractivity contribution >= 4 is 5.97 Å². The van der Waals surface area contributed by atoms with E-state index in [4.69, 9.17) is 5.11 Å². The molecular formula is C20H32O3. The summed E-state index contributed by atoms with van der Waals surface area (Å²) in [6.45, 7) is 12.8. The van der Waals surface area contributed by atoms with Gasteiger partial charge in [-0.2, -0.15) is 0 Å². The average molecular weight is 320 g/mol. The van der Waals surface area contributed by atoms with E-state index < -0.39 is 5.97 Å². The van der Waals surface area contributed by atoms with E-state index in [0.29, 0.717) is 5.75 Å². The number of carbonyl (C=O) groups is 1. The fourth-order valence-electron chi connectivity index (χ4n) is 2.91. The summed E-state index contributed by atoms with van der Waals surface area (Å²) < 4.78 is 0. The third-order valence-electron chi connectivity index (χ3n) is 4.17. The second-order valence-corrected chi connectivity index (χ2v) is 8.48. The lowest BCUT2D eigenvalue weighted by Crippen LogP contribution is -2.18. The van der Waals surface area contributed by atoms with Crippen LogP contribution in [0.1, 0.15) is 83.9 Å². The first kappa shape index (κ1) is 19.5. The fourth-order valence-corrected chi connectivity index (χ4v) is 2.91. The molecule has 0 unspecified atom stereocenters. The number of carboxylic acid groups (broad SMARTS) is 1. The molecule has 0 radical (unpaired) electrons. The molecule has 2 N–H and O–H groups in total. The monoisotopic (exact) mass is 320 g/mol. The van der Waals surface area contributed by atoms with E-state index in [9.17, 15) is 9.90 Å². The smallest absolute Gasteiger partial charge is 0.303 e. The average Bonchev–Trinajstić information content (AvgIpc) is 2.36. The first-order valence-electron chi connectivity index (χ1n) is 8.51. The van der Waals surface area contributed by atoms with E-state index in [1.54, 1.807) is 0 Å². The Labute approximate surface area is 140 Å². The summed E-state index contributed by atoms with van der Waals surface area (Å²) in [5.41, 5.74) is 3.31. The normalized spacial score (nSPS) is 12.4. The summed E-state index contributed by atoms with van der Waals surface area (Å²) in [6.07, 6.45) is 3.79. The van der Waals surface area contributed by atoms with Crippen LogP contribution in [0.2, 0.25) is 0 Å². The van der Waals surface area contributed by atoms with Crippen LogP contribution < -0.4 is 0 Å². The molecule has 1 aromatic carbocycles. The standard InChI is InChI=1S/C20H32O3/c1-19(2,3)15-13-17(21)16(20(4,5)6)12-14(15)10-8-7-9-11-18(22)23/h12-13,21H,7-11H2,1-6H3,(H,22,23). The highest BCUT2D eigenvalue weighted by molar-refractivity contribution is 5.66. The number of aliphatic carboxylic acids is 1. The lowest BCUT2D eigenvalue weighted by Gasteiger charge is -2.28. The number of aryl methyl sites for hydroxylation is 1. The Bertz CT molecular complexity index is 545. The molecule has 3 heteroatoms. The third kappa shape index (κ3) is 5.89. The van der Waals surface area contributed by atoms with Gasteiger partial charge >= 0.3 is 5.97 Å². The summed E-state index contributed by atoms with van der Waals surface area (Å²) in [5, 5.41) is 19.1. The number of rotatable bonds is 6. The van der Waals surface area contributed by atoms with Crippen molar-refractivity contribution in [1.29, 1.82) is 0 Å². The highest BCUT2D eigenvalue weighted by Gasteiger charge is 2.24. The van der Waals surface area contributed by atoms with Gasteiger partial charge < -0.3 is 10.2 Å². The van der Waals surface area contributed by atoms with Crippen molar-refractivity contribution in [3.8, 4) is 5.75 Å². The Morgan fingerprint density at radius 1 is 0.913 bits per heavy atom. The minimum Gasteiger partial charge on any atom is -0.508 e. The molecule has 1 aromatic rings. The quantitative estimate of drug-likeness (QED) is 0.710. The first-order valence-corrected chi connectivity index (χ1v) is 8.51. The Hall–Kier alpha value is -1.51. The number of phenols is 1. The summed E-state index contributed by atoms with van der Waals surface area (Å²) in [6, 6.07) is 4.07. The topological polar surface area (TPSA) is 57.5 Å². The van der Waals surface area contributed by atoms with Gasteiger partial charge in [0.25, 0.3) is 0 Å². The lowest BCUT2D eigenvalue weighted by molar-refractivity contribution is -0.137. The minimum absolute atomic E-state index is 0.0235. The maximum Gasteiger partial charge on any atom is 0.303 e. The van der Waals surface area contributed by atoms with Crippen molar-refractivity contribution in [2.75, 3.05) is 0 Å². The number of carboxylic acids is 1. The highest BCUT2D eigenvalue weighted by atomic mass is 16.4. The van der Waals surface area contributed by atoms with Gasteiger partial charge in [-0.05, 0) is 52.8 Å². The van der Waals surface area contributed by atoms with Crippen molar-refractivity contribution in [3.63, 3.8) is 0 Å². The van der Waals surface area contributed by atoms with E-state index in [2.05, 4.69) is 47.6 Å². The molecule has 0 aliphatic heterocycles. The third-order valence-corrected chi connectivity index (χ3v) is 4.17. The molecule has 1 rings (SSSR count). The van der Waals surface area contributed by atoms with Crippen LogP contribution in [-0.2, 0) is 22.0 Å². The van der Waals surface area contributed by atoms with Gasteiger partial charge in [-0.15, -0.1) is 0 Å². The molecule has 0 heterocycles. The Balaban J connectivity index is 3.00. The van der Waals surface area contributed by atoms with Crippen molar-refractivity contribution in [2.24, 2.45) is 0 Å². The molecule has 23 heavy (non-hydrogen) atoms. The number of benzene rings is 1. The molecule has 0 aliphatic carbocycles. The molecule has 0 spiro atoms. The maximum atomic E-state index is 10.6. The summed E-state index contributed by atoms with van der Waals surface area (Å²) >= 11 is 0. The van der Waals surface area contributed by atoms with Gasteiger partial charge in [-0.1, -0.05) is 54.0 Å². The van der Waals surface area contributed by atoms with Gasteiger partial charge in [0.15, 0.2) is 0 Å². The van der Waals surface area contributed by atoms with Crippen LogP contribution in [0.4, 0.5) is 0 Å². The molecule has 130 valence electrons. The van der Waals surface area contributed by atoms with Crippen LogP contribution in [0.3, 0.4) is 0 Å². The number of hydrogen-bond acceptors (Lipinski definition) is 2. The fraction of sp³-hybridized carbons (Fsp3) is 0.650. The molecule has 0 atom stereocenters. The minimum atomic E-state index is -0.722. The summed E-state index contributed by atoms with van der Waals surface area (Å²) in [4.78, 5) is 10.6. The van der Waals surface area contributed by atoms with Crippen LogP contribution >= 0.6 is 0 Å². The largest absolute Gasteiger partial charge is 0.508 e. The second-order valence-electron chi connectivity index (χ2n) is 8.48. The zero-order valence-electron chi connectivity index (χ0n) is 15.5. The van der Waals surface area contributed by atoms with Gasteiger partial charge in [-0.3, -0.25) is 4.79 Å². The molecule has 0 aliphatic rings. The molecule has 0 fully saturated rings. The van der Waals surface area contributed by atoms with Gasteiger partial charge in [0.2, 0.25) is 0 Å². The van der Waals surface area contributed by atoms with Crippen molar-refractivity contribution in [2.45, 2.75) is 84.5 Å². The highest BCUT2D eigenvalue weighted by Crippen LogP contribution is 2.37. The number of phenolic OH excluding ortho intramolecular Hbond substituents is 1. The van der Waals surface area contributed by atoms with Crippen LogP contribution in [-0.4, -0.2) is 16.2 Å². The van der Waals surface area contributed by atoms with E-state index in [-0.39, 0.29) is 17.3 Å². The second kappa shape index (κ2) is 7.37. The summed E-state index contributed by atoms with van der Waals surface area (Å²) in [7, 11) is 0. The Morgan fingerprint density at radius 3 is 1.96 bits per heavy atom. The summed E-state index contributed by atoms with van der Waals surface area (Å²) in [5.74, 6) is -0.350. The van der Waals surface area contributed by atoms with E-state index in [1.807, 2.05) is 6.07 Å². The number of aromatic hydroxyl groups is 1. The first-order chi connectivity index (χ1) is 10.4. The van der Waals surface area contributed by atoms with Gasteiger partial charge in [0.05, 0.1) is 0 Å². The Morgan fingerprint density at radius 2 is 1.48 bits per heavy atom. The zero-order valence-corrected chi connectivity index (χ0v) is 15.5. The molecular weight excluding hydrogens is 288 g/mol. The molecule has 0 saturated heterocycles. The molecule has 0 bridgehead atoms. The number of hydrogen-bond donors (Lipinski definition) is 2. The van der Waals surface area contributed by atoms with Crippen LogP contribution in [0.25, 0.3) is 0 Å². The van der Waals surface area contributed by atoms with Crippen molar-refractivity contribution < 1.29 is 15.0 Å². The number of unbranched alkanes of at least 4 members (excludes halogenated alkanes) is 2. The van der Waals surface area contributed by atoms with Gasteiger partial charge in [0, 0.05) is 6.42 Å². The van der Waals surface area contributed by atoms with Crippen LogP contribution in [0, 0.1) is 0 Å².